The molecule has 2 aromatic heterocycles. The zero-order chi connectivity index (χ0) is 21.8. The highest BCUT2D eigenvalue weighted by Gasteiger charge is 2.18. The first kappa shape index (κ1) is 20.0. The summed E-state index contributed by atoms with van der Waals surface area (Å²) in [6.45, 7) is 2.29. The van der Waals surface area contributed by atoms with Gasteiger partial charge in [0.25, 0.3) is 5.91 Å². The normalized spacial score (nSPS) is 10.7. The van der Waals surface area contributed by atoms with E-state index in [9.17, 15) is 14.9 Å². The van der Waals surface area contributed by atoms with Gasteiger partial charge in [-0.15, -0.1) is 0 Å². The van der Waals surface area contributed by atoms with E-state index in [0.29, 0.717) is 23.7 Å². The van der Waals surface area contributed by atoms with Crippen molar-refractivity contribution in [1.29, 1.82) is 0 Å². The van der Waals surface area contributed by atoms with Gasteiger partial charge in [-0.25, -0.2) is 4.98 Å². The predicted molar refractivity (Wildman–Crippen MR) is 113 cm³/mol. The summed E-state index contributed by atoms with van der Waals surface area (Å²) < 4.78 is 10.9. The van der Waals surface area contributed by atoms with Crippen LogP contribution in [0.25, 0.3) is 22.7 Å². The third-order valence-corrected chi connectivity index (χ3v) is 4.54. The molecule has 0 saturated carbocycles. The topological polar surface area (TPSA) is 120 Å². The van der Waals surface area contributed by atoms with Crippen molar-refractivity contribution < 1.29 is 18.9 Å². The van der Waals surface area contributed by atoms with Crippen LogP contribution in [-0.4, -0.2) is 27.4 Å². The second-order valence-electron chi connectivity index (χ2n) is 6.60. The average Bonchev–Trinajstić information content (AvgIpc) is 3.22. The van der Waals surface area contributed by atoms with Crippen LogP contribution < -0.4 is 10.1 Å². The summed E-state index contributed by atoms with van der Waals surface area (Å²) in [6.07, 6.45) is 1.65. The maximum absolute atomic E-state index is 12.4. The lowest BCUT2D eigenvalue weighted by Crippen LogP contribution is -2.22. The predicted octanol–water partition coefficient (Wildman–Crippen LogP) is 4.13. The van der Waals surface area contributed by atoms with Crippen LogP contribution in [0.2, 0.25) is 0 Å². The molecule has 0 bridgehead atoms. The number of carbonyl (C=O) groups excluding carboxylic acids is 1. The molecule has 2 heterocycles. The lowest BCUT2D eigenvalue weighted by atomic mass is 10.1. The van der Waals surface area contributed by atoms with Crippen molar-refractivity contribution >= 4 is 22.8 Å². The van der Waals surface area contributed by atoms with E-state index in [4.69, 9.17) is 9.15 Å². The first-order valence-corrected chi connectivity index (χ1v) is 9.55. The highest BCUT2D eigenvalue weighted by atomic mass is 16.6. The van der Waals surface area contributed by atoms with Gasteiger partial charge in [-0.1, -0.05) is 12.1 Å². The molecule has 9 heteroatoms. The molecule has 4 rings (SSSR count). The van der Waals surface area contributed by atoms with Crippen molar-refractivity contribution in [2.24, 2.45) is 0 Å². The van der Waals surface area contributed by atoms with E-state index in [1.54, 1.807) is 25.3 Å². The van der Waals surface area contributed by atoms with Gasteiger partial charge in [0.15, 0.2) is 17.0 Å². The Hall–Kier alpha value is -4.27. The smallest absolute Gasteiger partial charge is 0.311 e. The number of hydrogen-bond acceptors (Lipinski definition) is 7. The number of aromatic nitrogens is 2. The van der Waals surface area contributed by atoms with Crippen molar-refractivity contribution in [1.82, 2.24) is 15.3 Å². The third kappa shape index (κ3) is 4.35. The van der Waals surface area contributed by atoms with E-state index < -0.39 is 10.8 Å². The number of hydrogen-bond donors (Lipinski definition) is 1. The van der Waals surface area contributed by atoms with E-state index in [-0.39, 0.29) is 23.5 Å². The van der Waals surface area contributed by atoms with Crippen LogP contribution in [0.4, 0.5) is 5.69 Å². The van der Waals surface area contributed by atoms with Crippen molar-refractivity contribution in [3.63, 3.8) is 0 Å². The quantitative estimate of drug-likeness (QED) is 0.354. The number of nitro benzene ring substituents is 1. The summed E-state index contributed by atoms with van der Waals surface area (Å²) in [4.78, 5) is 31.6. The van der Waals surface area contributed by atoms with E-state index >= 15 is 0 Å². The van der Waals surface area contributed by atoms with Crippen LogP contribution in [0.15, 0.2) is 65.2 Å². The SMILES string of the molecule is CCOc1ccc(C(=O)NCc2ccc(-c3nc4ncccc4o3)cc2)cc1[N+](=O)[O-]. The van der Waals surface area contributed by atoms with Crippen molar-refractivity contribution in [3.8, 4) is 17.2 Å². The fourth-order valence-electron chi connectivity index (χ4n) is 3.02. The summed E-state index contributed by atoms with van der Waals surface area (Å²) in [6, 6.07) is 15.1. The van der Waals surface area contributed by atoms with Gasteiger partial charge in [0, 0.05) is 29.9 Å². The maximum atomic E-state index is 12.4. The number of benzene rings is 2. The van der Waals surface area contributed by atoms with Crippen LogP contribution >= 0.6 is 0 Å². The van der Waals surface area contributed by atoms with Crippen LogP contribution in [0.5, 0.6) is 5.75 Å². The van der Waals surface area contributed by atoms with Gasteiger partial charge in [-0.3, -0.25) is 14.9 Å². The zero-order valence-electron chi connectivity index (χ0n) is 16.6. The number of ether oxygens (including phenoxy) is 1. The van der Waals surface area contributed by atoms with Crippen LogP contribution in [0.1, 0.15) is 22.8 Å². The molecule has 0 fully saturated rings. The summed E-state index contributed by atoms with van der Waals surface area (Å²) in [7, 11) is 0. The van der Waals surface area contributed by atoms with Gasteiger partial charge in [0.05, 0.1) is 11.5 Å². The molecule has 0 spiro atoms. The van der Waals surface area contributed by atoms with Crippen molar-refractivity contribution in [2.45, 2.75) is 13.5 Å². The Balaban J connectivity index is 1.44. The fourth-order valence-corrected chi connectivity index (χ4v) is 3.02. The molecule has 156 valence electrons. The molecule has 0 aliphatic carbocycles. The summed E-state index contributed by atoms with van der Waals surface area (Å²) >= 11 is 0. The number of nitrogens with zero attached hydrogens (tertiary/aromatic N) is 3. The lowest BCUT2D eigenvalue weighted by Gasteiger charge is -2.08. The molecular weight excluding hydrogens is 400 g/mol. The molecule has 0 unspecified atom stereocenters. The monoisotopic (exact) mass is 418 g/mol. The molecule has 0 aliphatic rings. The Morgan fingerprint density at radius 2 is 2.00 bits per heavy atom. The number of fused-ring (bicyclic) bond motifs is 1. The molecule has 0 atom stereocenters. The first-order valence-electron chi connectivity index (χ1n) is 9.55. The molecule has 0 aliphatic heterocycles. The van der Waals surface area contributed by atoms with E-state index in [2.05, 4.69) is 15.3 Å². The number of pyridine rings is 1. The average molecular weight is 418 g/mol. The van der Waals surface area contributed by atoms with E-state index in [0.717, 1.165) is 11.1 Å². The van der Waals surface area contributed by atoms with Crippen LogP contribution in [0, 0.1) is 10.1 Å². The number of carbonyl (C=O) groups is 1. The Bertz CT molecular complexity index is 1220. The van der Waals surface area contributed by atoms with Crippen LogP contribution in [0.3, 0.4) is 0 Å². The number of nitro groups is 1. The standard InChI is InChI=1S/C22H18N4O5/c1-2-30-18-10-9-16(12-17(18)26(28)29)21(27)24-13-14-5-7-15(8-6-14)22-25-20-19(31-22)4-3-11-23-20/h3-12H,2,13H2,1H3,(H,24,27). The summed E-state index contributed by atoms with van der Waals surface area (Å²) in [5, 5.41) is 14.0. The molecule has 31 heavy (non-hydrogen) atoms. The number of rotatable bonds is 7. The van der Waals surface area contributed by atoms with Crippen molar-refractivity contribution in [3.05, 3.63) is 82.0 Å². The Labute approximate surface area is 176 Å². The van der Waals surface area contributed by atoms with Gasteiger partial charge in [0.2, 0.25) is 5.89 Å². The molecule has 1 amide bonds. The zero-order valence-corrected chi connectivity index (χ0v) is 16.6. The molecule has 2 aromatic carbocycles. The highest BCUT2D eigenvalue weighted by molar-refractivity contribution is 5.95. The lowest BCUT2D eigenvalue weighted by molar-refractivity contribution is -0.385. The van der Waals surface area contributed by atoms with Crippen LogP contribution in [-0.2, 0) is 6.54 Å². The first-order chi connectivity index (χ1) is 15.0. The van der Waals surface area contributed by atoms with Crippen molar-refractivity contribution in [2.75, 3.05) is 6.61 Å². The molecule has 1 N–H and O–H groups in total. The summed E-state index contributed by atoms with van der Waals surface area (Å²) in [5.74, 6) is 0.181. The van der Waals surface area contributed by atoms with E-state index in [1.807, 2.05) is 24.3 Å². The highest BCUT2D eigenvalue weighted by Crippen LogP contribution is 2.28. The molecule has 0 saturated heterocycles. The molecule has 9 nitrogen and oxygen atoms in total. The Morgan fingerprint density at radius 3 is 2.71 bits per heavy atom. The number of nitrogens with one attached hydrogen (secondary N) is 1. The largest absolute Gasteiger partial charge is 0.487 e. The minimum absolute atomic E-state index is 0.133. The Morgan fingerprint density at radius 1 is 1.19 bits per heavy atom. The van der Waals surface area contributed by atoms with Gasteiger partial charge in [-0.05, 0) is 48.9 Å². The number of amides is 1. The van der Waals surface area contributed by atoms with Gasteiger partial charge in [-0.2, -0.15) is 4.98 Å². The fraction of sp³-hybridized carbons (Fsp3) is 0.136. The van der Waals surface area contributed by atoms with E-state index in [1.165, 1.54) is 18.2 Å². The van der Waals surface area contributed by atoms with Gasteiger partial charge < -0.3 is 14.5 Å². The molecular formula is C22H18N4O5. The second-order valence-corrected chi connectivity index (χ2v) is 6.60. The van der Waals surface area contributed by atoms with Gasteiger partial charge >= 0.3 is 5.69 Å². The third-order valence-electron chi connectivity index (χ3n) is 4.54. The molecule has 0 radical (unpaired) electrons. The summed E-state index contributed by atoms with van der Waals surface area (Å²) in [5.41, 5.74) is 2.73. The minimum atomic E-state index is -0.567. The molecule has 4 aromatic rings. The second kappa shape index (κ2) is 8.62. The number of oxazole rings is 1. The Kier molecular flexibility index (Phi) is 5.57. The maximum Gasteiger partial charge on any atom is 0.311 e. The van der Waals surface area contributed by atoms with Gasteiger partial charge in [0.1, 0.15) is 0 Å². The minimum Gasteiger partial charge on any atom is -0.487 e.